The highest BCUT2D eigenvalue weighted by molar-refractivity contribution is 7.88. The summed E-state index contributed by atoms with van der Waals surface area (Å²) in [5, 5.41) is 0. The van der Waals surface area contributed by atoms with Crippen molar-refractivity contribution in [2.24, 2.45) is 11.1 Å². The van der Waals surface area contributed by atoms with E-state index >= 15 is 0 Å². The molecule has 9 nitrogen and oxygen atoms in total. The zero-order valence-electron chi connectivity index (χ0n) is 16.4. The molecular weight excluding hydrogens is 396 g/mol. The molecule has 0 aromatic carbocycles. The predicted octanol–water partition coefficient (Wildman–Crippen LogP) is -0.129. The molecule has 157 valence electrons. The van der Waals surface area contributed by atoms with Crippen molar-refractivity contribution in [3.8, 4) is 0 Å². The van der Waals surface area contributed by atoms with Crippen LogP contribution in [-0.4, -0.2) is 65.4 Å². The molecule has 0 aliphatic carbocycles. The molecule has 2 aliphatic heterocycles. The molecule has 0 spiro atoms. The summed E-state index contributed by atoms with van der Waals surface area (Å²) in [5.74, 6) is -1.44. The number of carbonyl (C=O) groups is 3. The van der Waals surface area contributed by atoms with Crippen LogP contribution in [0, 0.1) is 11.8 Å². The van der Waals surface area contributed by atoms with E-state index in [-0.39, 0.29) is 37.0 Å². The maximum absolute atomic E-state index is 12.9. The maximum Gasteiger partial charge on any atom is 0.227 e. The summed E-state index contributed by atoms with van der Waals surface area (Å²) in [6.45, 7) is 3.32. The highest BCUT2D eigenvalue weighted by atomic mass is 32.2. The third kappa shape index (κ3) is 4.32. The minimum absolute atomic E-state index is 0.145. The highest BCUT2D eigenvalue weighted by Gasteiger charge is 2.53. The Hall–Kier alpha value is -2.33. The molecule has 1 aromatic rings. The molecule has 0 saturated carbocycles. The van der Waals surface area contributed by atoms with E-state index in [0.29, 0.717) is 12.0 Å². The van der Waals surface area contributed by atoms with Crippen LogP contribution in [0.3, 0.4) is 0 Å². The average molecular weight is 421 g/mol. The van der Waals surface area contributed by atoms with Gasteiger partial charge in [-0.05, 0) is 24.5 Å². The number of ketones is 1. The monoisotopic (exact) mass is 421 g/mol. The van der Waals surface area contributed by atoms with Crippen LogP contribution >= 0.6 is 0 Å². The molecule has 2 amide bonds. The van der Waals surface area contributed by atoms with Gasteiger partial charge in [-0.1, -0.05) is 19.9 Å². The average Bonchev–Trinajstić information content (AvgIpc) is 3.22. The minimum atomic E-state index is -3.73. The first-order valence-electron chi connectivity index (χ1n) is 9.38. The van der Waals surface area contributed by atoms with Crippen molar-refractivity contribution < 1.29 is 22.8 Å². The van der Waals surface area contributed by atoms with Crippen molar-refractivity contribution in [1.82, 2.24) is 14.2 Å². The zero-order chi connectivity index (χ0) is 21.4. The van der Waals surface area contributed by atoms with Gasteiger partial charge in [0.1, 0.15) is 6.04 Å². The number of sulfonamides is 1. The second-order valence-corrected chi connectivity index (χ2v) is 10.0. The van der Waals surface area contributed by atoms with Crippen molar-refractivity contribution in [2.45, 2.75) is 44.5 Å². The summed E-state index contributed by atoms with van der Waals surface area (Å²) >= 11 is 0. The summed E-state index contributed by atoms with van der Waals surface area (Å²) in [7, 11) is -3.73. The maximum atomic E-state index is 12.9. The summed E-state index contributed by atoms with van der Waals surface area (Å²) in [5.41, 5.74) is 4.99. The largest absolute Gasteiger partial charge is 0.369 e. The van der Waals surface area contributed by atoms with Crippen molar-refractivity contribution in [2.75, 3.05) is 13.1 Å². The van der Waals surface area contributed by atoms with Crippen molar-refractivity contribution in [1.29, 1.82) is 0 Å². The van der Waals surface area contributed by atoms with Gasteiger partial charge in [0.15, 0.2) is 5.78 Å². The smallest absolute Gasteiger partial charge is 0.227 e. The Balaban J connectivity index is 1.70. The van der Waals surface area contributed by atoms with E-state index in [9.17, 15) is 22.8 Å². The number of pyridine rings is 1. The molecule has 2 saturated heterocycles. The highest BCUT2D eigenvalue weighted by Crippen LogP contribution is 2.33. The number of Topliss-reactive ketones (excluding diaryl/α,β-unsaturated/α-hetero) is 1. The molecule has 2 N–H and O–H groups in total. The van der Waals surface area contributed by atoms with Crippen molar-refractivity contribution >= 4 is 27.6 Å². The van der Waals surface area contributed by atoms with E-state index in [4.69, 9.17) is 5.73 Å². The molecule has 2 atom stereocenters. The van der Waals surface area contributed by atoms with Gasteiger partial charge in [0.05, 0.1) is 24.8 Å². The van der Waals surface area contributed by atoms with Gasteiger partial charge < -0.3 is 10.6 Å². The predicted molar refractivity (Wildman–Crippen MR) is 104 cm³/mol. The topological polar surface area (TPSA) is 131 Å². The Bertz CT molecular complexity index is 916. The fourth-order valence-electron chi connectivity index (χ4n) is 3.72. The van der Waals surface area contributed by atoms with Crippen LogP contribution in [0.5, 0.6) is 0 Å². The number of rotatable bonds is 7. The fraction of sp³-hybridized carbons (Fsp3) is 0.526. The second-order valence-electron chi connectivity index (χ2n) is 8.12. The number of nitrogens with zero attached hydrogens (tertiary/aromatic N) is 3. The van der Waals surface area contributed by atoms with Crippen molar-refractivity contribution in [3.63, 3.8) is 0 Å². The first-order valence-corrected chi connectivity index (χ1v) is 11.0. The van der Waals surface area contributed by atoms with Gasteiger partial charge in [0, 0.05) is 24.4 Å². The van der Waals surface area contributed by atoms with E-state index in [1.54, 1.807) is 32.2 Å². The van der Waals surface area contributed by atoms with Gasteiger partial charge in [-0.25, -0.2) is 8.42 Å². The lowest BCUT2D eigenvalue weighted by Crippen LogP contribution is -2.44. The molecule has 10 heteroatoms. The van der Waals surface area contributed by atoms with Crippen LogP contribution in [0.15, 0.2) is 24.5 Å². The second kappa shape index (κ2) is 7.83. The number of carbonyl (C=O) groups excluding carboxylic acids is 3. The third-order valence-corrected chi connectivity index (χ3v) is 7.36. The standard InChI is InChI=1S/C19H25N4O5S/c1-19(2,18(20)26)7-5-16(25)22-9-6-14-17(22)15(24)11-23(14)29(27,28)12-13-4-3-8-21-10-13/h3-5,8,10,14,17H,6-7,9,11-12H2,1-2H3,(H2,20,26). The normalized spacial score (nSPS) is 22.7. The van der Waals surface area contributed by atoms with Gasteiger partial charge in [0.25, 0.3) is 0 Å². The SMILES string of the molecule is CC(C)(C[CH]C(=O)N1CCC2C1C(=O)CN2S(=O)(=O)Cc1cccnc1)C(N)=O. The molecule has 3 heterocycles. The van der Waals surface area contributed by atoms with E-state index in [1.807, 2.05) is 0 Å². The van der Waals surface area contributed by atoms with Crippen LogP contribution in [0.25, 0.3) is 0 Å². The van der Waals surface area contributed by atoms with Crippen LogP contribution < -0.4 is 5.73 Å². The summed E-state index contributed by atoms with van der Waals surface area (Å²) in [6.07, 6.45) is 4.93. The number of hydrogen-bond donors (Lipinski definition) is 1. The summed E-state index contributed by atoms with van der Waals surface area (Å²) in [6, 6.07) is 1.96. The minimum Gasteiger partial charge on any atom is -0.369 e. The number of nitrogens with two attached hydrogens (primary N) is 1. The van der Waals surface area contributed by atoms with Gasteiger partial charge in [0.2, 0.25) is 21.8 Å². The first kappa shape index (κ1) is 21.4. The zero-order valence-corrected chi connectivity index (χ0v) is 17.3. The Morgan fingerprint density at radius 1 is 1.38 bits per heavy atom. The molecule has 0 bridgehead atoms. The van der Waals surface area contributed by atoms with Gasteiger partial charge in [-0.2, -0.15) is 4.31 Å². The molecule has 2 fully saturated rings. The van der Waals surface area contributed by atoms with Gasteiger partial charge in [-0.15, -0.1) is 0 Å². The van der Waals surface area contributed by atoms with Gasteiger partial charge >= 0.3 is 0 Å². The Morgan fingerprint density at radius 3 is 2.72 bits per heavy atom. The molecule has 1 aromatic heterocycles. The van der Waals surface area contributed by atoms with Crippen molar-refractivity contribution in [3.05, 3.63) is 36.5 Å². The number of likely N-dealkylation sites (tertiary alicyclic amines) is 1. The number of aromatic nitrogens is 1. The number of fused-ring (bicyclic) bond motifs is 1. The molecule has 2 unspecified atom stereocenters. The lowest BCUT2D eigenvalue weighted by molar-refractivity contribution is -0.134. The fourth-order valence-corrected chi connectivity index (χ4v) is 5.43. The van der Waals surface area contributed by atoms with Crippen LogP contribution in [-0.2, 0) is 30.2 Å². The number of hydrogen-bond acceptors (Lipinski definition) is 6. The quantitative estimate of drug-likeness (QED) is 0.653. The van der Waals surface area contributed by atoms with E-state index in [1.165, 1.54) is 21.8 Å². The summed E-state index contributed by atoms with van der Waals surface area (Å²) in [4.78, 5) is 42.0. The molecule has 2 aliphatic rings. The number of primary amides is 1. The van der Waals surface area contributed by atoms with Gasteiger partial charge in [-0.3, -0.25) is 19.4 Å². The molecular formula is C19H25N4O5S. The molecule has 3 rings (SSSR count). The third-order valence-electron chi connectivity index (χ3n) is 5.54. The molecule has 29 heavy (non-hydrogen) atoms. The lowest BCUT2D eigenvalue weighted by Gasteiger charge is -2.25. The van der Waals surface area contributed by atoms with Crippen LogP contribution in [0.1, 0.15) is 32.3 Å². The van der Waals surface area contributed by atoms with E-state index < -0.39 is 33.4 Å². The first-order chi connectivity index (χ1) is 13.5. The summed E-state index contributed by atoms with van der Waals surface area (Å²) < 4.78 is 27.0. The van der Waals surface area contributed by atoms with E-state index in [0.717, 1.165) is 0 Å². The van der Waals surface area contributed by atoms with E-state index in [2.05, 4.69) is 4.98 Å². The van der Waals surface area contributed by atoms with Crippen LogP contribution in [0.4, 0.5) is 0 Å². The Morgan fingerprint density at radius 2 is 2.10 bits per heavy atom. The van der Waals surface area contributed by atoms with Crippen LogP contribution in [0.2, 0.25) is 0 Å². The molecule has 1 radical (unpaired) electrons. The lowest BCUT2D eigenvalue weighted by atomic mass is 9.87. The Labute approximate surface area is 170 Å². The Kier molecular flexibility index (Phi) is 5.77. The number of amides is 2.